The van der Waals surface area contributed by atoms with E-state index in [4.69, 9.17) is 11.6 Å². The third-order valence-electron chi connectivity index (χ3n) is 4.95. The molecule has 1 aliphatic rings. The largest absolute Gasteiger partial charge is 0.323 e. The SMILES string of the molecule is O=C(Cn1nnc(-c2ccc(CN3CCCCC3)cc2)n1)Nc1ccccc1Cl. The van der Waals surface area contributed by atoms with Gasteiger partial charge in [-0.2, -0.15) is 4.80 Å². The Bertz CT molecular complexity index is 965. The molecule has 8 heteroatoms. The minimum Gasteiger partial charge on any atom is -0.323 e. The Balaban J connectivity index is 1.35. The van der Waals surface area contributed by atoms with Gasteiger partial charge in [-0.25, -0.2) is 0 Å². The van der Waals surface area contributed by atoms with E-state index in [2.05, 4.69) is 37.8 Å². The molecule has 29 heavy (non-hydrogen) atoms. The number of nitrogens with one attached hydrogen (secondary N) is 1. The molecule has 2 heterocycles. The van der Waals surface area contributed by atoms with Gasteiger partial charge in [-0.05, 0) is 48.8 Å². The van der Waals surface area contributed by atoms with Crippen molar-refractivity contribution in [3.63, 3.8) is 0 Å². The molecule has 1 fully saturated rings. The van der Waals surface area contributed by atoms with E-state index in [1.54, 1.807) is 18.2 Å². The Morgan fingerprint density at radius 2 is 1.79 bits per heavy atom. The van der Waals surface area contributed by atoms with Crippen LogP contribution in [0.2, 0.25) is 5.02 Å². The summed E-state index contributed by atoms with van der Waals surface area (Å²) in [6.07, 6.45) is 3.91. The first kappa shape index (κ1) is 19.5. The summed E-state index contributed by atoms with van der Waals surface area (Å²) in [6.45, 7) is 3.29. The Morgan fingerprint density at radius 1 is 1.03 bits per heavy atom. The molecule has 1 aromatic heterocycles. The summed E-state index contributed by atoms with van der Waals surface area (Å²) in [6, 6.07) is 15.3. The molecular formula is C21H23ClN6O. The molecule has 1 amide bonds. The summed E-state index contributed by atoms with van der Waals surface area (Å²) in [5.74, 6) is 0.235. The number of piperidine rings is 1. The fourth-order valence-corrected chi connectivity index (χ4v) is 3.62. The highest BCUT2D eigenvalue weighted by atomic mass is 35.5. The van der Waals surface area contributed by atoms with Gasteiger partial charge >= 0.3 is 0 Å². The first-order valence-electron chi connectivity index (χ1n) is 9.81. The van der Waals surface area contributed by atoms with Crippen LogP contribution in [0.3, 0.4) is 0 Å². The maximum Gasteiger partial charge on any atom is 0.248 e. The molecule has 0 spiro atoms. The number of tetrazole rings is 1. The number of nitrogens with zero attached hydrogens (tertiary/aromatic N) is 5. The van der Waals surface area contributed by atoms with Crippen LogP contribution in [-0.2, 0) is 17.9 Å². The Kier molecular flexibility index (Phi) is 6.17. The molecular weight excluding hydrogens is 388 g/mol. The molecule has 0 bridgehead atoms. The van der Waals surface area contributed by atoms with Gasteiger partial charge in [0.05, 0.1) is 10.7 Å². The number of anilines is 1. The van der Waals surface area contributed by atoms with E-state index in [1.165, 1.54) is 42.7 Å². The van der Waals surface area contributed by atoms with Gasteiger partial charge in [0.25, 0.3) is 0 Å². The number of amides is 1. The van der Waals surface area contributed by atoms with Gasteiger partial charge in [-0.1, -0.05) is 54.4 Å². The molecule has 0 saturated carbocycles. The second kappa shape index (κ2) is 9.15. The summed E-state index contributed by atoms with van der Waals surface area (Å²) in [4.78, 5) is 16.0. The topological polar surface area (TPSA) is 75.9 Å². The summed E-state index contributed by atoms with van der Waals surface area (Å²) in [5, 5.41) is 15.6. The lowest BCUT2D eigenvalue weighted by atomic mass is 10.1. The number of para-hydroxylation sites is 1. The van der Waals surface area contributed by atoms with Crippen molar-refractivity contribution in [3.05, 3.63) is 59.1 Å². The summed E-state index contributed by atoms with van der Waals surface area (Å²) in [7, 11) is 0. The van der Waals surface area contributed by atoms with Crippen molar-refractivity contribution >= 4 is 23.2 Å². The van der Waals surface area contributed by atoms with E-state index >= 15 is 0 Å². The van der Waals surface area contributed by atoms with Crippen molar-refractivity contribution in [2.24, 2.45) is 0 Å². The van der Waals surface area contributed by atoms with Gasteiger partial charge in [0.15, 0.2) is 0 Å². The molecule has 0 radical (unpaired) electrons. The van der Waals surface area contributed by atoms with Crippen molar-refractivity contribution in [2.45, 2.75) is 32.4 Å². The van der Waals surface area contributed by atoms with Crippen molar-refractivity contribution in [1.29, 1.82) is 0 Å². The Morgan fingerprint density at radius 3 is 2.55 bits per heavy atom. The molecule has 2 aromatic carbocycles. The molecule has 1 saturated heterocycles. The number of hydrogen-bond donors (Lipinski definition) is 1. The molecule has 7 nitrogen and oxygen atoms in total. The van der Waals surface area contributed by atoms with Gasteiger partial charge in [0.2, 0.25) is 11.7 Å². The second-order valence-corrected chi connectivity index (χ2v) is 7.61. The van der Waals surface area contributed by atoms with Crippen LogP contribution in [0.15, 0.2) is 48.5 Å². The highest BCUT2D eigenvalue weighted by Gasteiger charge is 2.12. The van der Waals surface area contributed by atoms with Crippen molar-refractivity contribution < 1.29 is 4.79 Å². The minimum atomic E-state index is -0.265. The van der Waals surface area contributed by atoms with Crippen LogP contribution in [0.5, 0.6) is 0 Å². The number of aromatic nitrogens is 4. The van der Waals surface area contributed by atoms with Gasteiger partial charge in [-0.15, -0.1) is 10.2 Å². The summed E-state index contributed by atoms with van der Waals surface area (Å²) < 4.78 is 0. The van der Waals surface area contributed by atoms with Crippen LogP contribution in [0.4, 0.5) is 5.69 Å². The lowest BCUT2D eigenvalue weighted by Gasteiger charge is -2.26. The molecule has 1 aliphatic heterocycles. The highest BCUT2D eigenvalue weighted by molar-refractivity contribution is 6.33. The maximum absolute atomic E-state index is 12.2. The number of likely N-dealkylation sites (tertiary alicyclic amines) is 1. The van der Waals surface area contributed by atoms with Crippen LogP contribution < -0.4 is 5.32 Å². The highest BCUT2D eigenvalue weighted by Crippen LogP contribution is 2.20. The number of carbonyl (C=O) groups excluding carboxylic acids is 1. The normalized spacial score (nSPS) is 14.7. The minimum absolute atomic E-state index is 0.0364. The predicted molar refractivity (Wildman–Crippen MR) is 112 cm³/mol. The van der Waals surface area contributed by atoms with E-state index in [-0.39, 0.29) is 12.5 Å². The monoisotopic (exact) mass is 410 g/mol. The summed E-state index contributed by atoms with van der Waals surface area (Å²) >= 11 is 6.06. The van der Waals surface area contributed by atoms with E-state index in [9.17, 15) is 4.79 Å². The number of halogens is 1. The predicted octanol–water partition coefficient (Wildman–Crippen LogP) is 3.62. The molecule has 4 rings (SSSR count). The molecule has 0 unspecified atom stereocenters. The lowest BCUT2D eigenvalue weighted by molar-refractivity contribution is -0.117. The van der Waals surface area contributed by atoms with Gasteiger partial charge in [0, 0.05) is 12.1 Å². The Labute approximate surface area is 174 Å². The molecule has 3 aromatic rings. The lowest BCUT2D eigenvalue weighted by Crippen LogP contribution is -2.28. The zero-order valence-electron chi connectivity index (χ0n) is 16.1. The molecule has 0 aliphatic carbocycles. The smallest absolute Gasteiger partial charge is 0.248 e. The third kappa shape index (κ3) is 5.19. The van der Waals surface area contributed by atoms with E-state index in [1.807, 2.05) is 18.2 Å². The fraction of sp³-hybridized carbons (Fsp3) is 0.333. The van der Waals surface area contributed by atoms with Crippen LogP contribution in [-0.4, -0.2) is 44.1 Å². The van der Waals surface area contributed by atoms with Crippen LogP contribution in [0, 0.1) is 0 Å². The second-order valence-electron chi connectivity index (χ2n) is 7.21. The average Bonchev–Trinajstić information content (AvgIpc) is 3.19. The van der Waals surface area contributed by atoms with Crippen LogP contribution >= 0.6 is 11.6 Å². The average molecular weight is 411 g/mol. The van der Waals surface area contributed by atoms with Crippen molar-refractivity contribution in [2.75, 3.05) is 18.4 Å². The Hall–Kier alpha value is -2.77. The van der Waals surface area contributed by atoms with Crippen molar-refractivity contribution in [1.82, 2.24) is 25.1 Å². The van der Waals surface area contributed by atoms with E-state index < -0.39 is 0 Å². The van der Waals surface area contributed by atoms with Gasteiger partial charge in [0.1, 0.15) is 6.54 Å². The zero-order chi connectivity index (χ0) is 20.1. The van der Waals surface area contributed by atoms with Crippen LogP contribution in [0.1, 0.15) is 24.8 Å². The standard InChI is InChI=1S/C21H23ClN6O/c22-18-6-2-3-7-19(18)23-20(29)15-28-25-21(24-26-28)17-10-8-16(9-11-17)14-27-12-4-1-5-13-27/h2-3,6-11H,1,4-5,12-15H2,(H,23,29). The zero-order valence-corrected chi connectivity index (χ0v) is 16.8. The van der Waals surface area contributed by atoms with Gasteiger partial charge < -0.3 is 5.32 Å². The third-order valence-corrected chi connectivity index (χ3v) is 5.28. The molecule has 1 N–H and O–H groups in total. The quantitative estimate of drug-likeness (QED) is 0.671. The first-order chi connectivity index (χ1) is 14.2. The maximum atomic E-state index is 12.2. The number of rotatable bonds is 6. The fourth-order valence-electron chi connectivity index (χ4n) is 3.44. The number of hydrogen-bond acceptors (Lipinski definition) is 5. The number of benzene rings is 2. The summed E-state index contributed by atoms with van der Waals surface area (Å²) in [5.41, 5.74) is 2.72. The van der Waals surface area contributed by atoms with E-state index in [0.717, 1.165) is 12.1 Å². The molecule has 150 valence electrons. The first-order valence-corrected chi connectivity index (χ1v) is 10.2. The van der Waals surface area contributed by atoms with Gasteiger partial charge in [-0.3, -0.25) is 9.69 Å². The van der Waals surface area contributed by atoms with E-state index in [0.29, 0.717) is 16.5 Å². The van der Waals surface area contributed by atoms with Crippen molar-refractivity contribution in [3.8, 4) is 11.4 Å². The molecule has 0 atom stereocenters. The number of carbonyl (C=O) groups is 1. The van der Waals surface area contributed by atoms with Crippen LogP contribution in [0.25, 0.3) is 11.4 Å².